The van der Waals surface area contributed by atoms with E-state index in [1.54, 1.807) is 7.11 Å². The Morgan fingerprint density at radius 2 is 1.50 bits per heavy atom. The van der Waals surface area contributed by atoms with Gasteiger partial charge in [-0.2, -0.15) is 0 Å². The van der Waals surface area contributed by atoms with Crippen LogP contribution in [0.4, 0.5) is 0 Å². The molecule has 0 unspecified atom stereocenters. The molecule has 3 aromatic carbocycles. The van der Waals surface area contributed by atoms with Gasteiger partial charge in [0.15, 0.2) is 0 Å². The maximum absolute atomic E-state index is 6.56. The van der Waals surface area contributed by atoms with Crippen molar-refractivity contribution in [1.82, 2.24) is 0 Å². The number of ether oxygens (including phenoxy) is 1. The first-order chi connectivity index (χ1) is 13.7. The van der Waals surface area contributed by atoms with Crippen LogP contribution in [-0.2, 0) is 12.8 Å². The largest absolute Gasteiger partial charge is 0.497 e. The van der Waals surface area contributed by atoms with Crippen LogP contribution in [0.5, 0.6) is 5.75 Å². The van der Waals surface area contributed by atoms with Crippen molar-refractivity contribution in [2.24, 2.45) is 0 Å². The van der Waals surface area contributed by atoms with Crippen molar-refractivity contribution in [2.45, 2.75) is 12.8 Å². The highest BCUT2D eigenvalue weighted by atomic mass is 79.9. The molecule has 0 saturated heterocycles. The van der Waals surface area contributed by atoms with E-state index in [1.165, 1.54) is 27.8 Å². The molecular weight excluding hydrogens is 412 g/mol. The van der Waals surface area contributed by atoms with E-state index in [2.05, 4.69) is 76.6 Å². The van der Waals surface area contributed by atoms with Crippen LogP contribution >= 0.6 is 15.9 Å². The number of aryl methyl sites for hydroxylation is 1. The van der Waals surface area contributed by atoms with Crippen molar-refractivity contribution in [3.8, 4) is 39.5 Å². The highest BCUT2D eigenvalue weighted by molar-refractivity contribution is 9.10. The zero-order valence-corrected chi connectivity index (χ0v) is 17.1. The standard InChI is InChI=1S/C25H19BrO2/c1-27-20-13-8-18(9-14-20)24-23(17-6-11-19(26)12-7-17)22-15-10-16-4-2-3-5-21(16)25(22)28-24/h2-9,11-14H,10,15H2,1H3. The van der Waals surface area contributed by atoms with Crippen molar-refractivity contribution < 1.29 is 9.15 Å². The summed E-state index contributed by atoms with van der Waals surface area (Å²) in [6.07, 6.45) is 2.02. The maximum Gasteiger partial charge on any atom is 0.142 e. The molecule has 1 heterocycles. The molecule has 2 nitrogen and oxygen atoms in total. The normalized spacial score (nSPS) is 12.4. The van der Waals surface area contributed by atoms with E-state index in [0.717, 1.165) is 40.1 Å². The average molecular weight is 431 g/mol. The molecule has 1 aromatic heterocycles. The van der Waals surface area contributed by atoms with Gasteiger partial charge in [0.25, 0.3) is 0 Å². The van der Waals surface area contributed by atoms with Crippen molar-refractivity contribution in [3.63, 3.8) is 0 Å². The van der Waals surface area contributed by atoms with Gasteiger partial charge in [-0.3, -0.25) is 0 Å². The second-order valence-corrected chi connectivity index (χ2v) is 7.92. The highest BCUT2D eigenvalue weighted by Gasteiger charge is 2.27. The van der Waals surface area contributed by atoms with Gasteiger partial charge in [0, 0.05) is 26.7 Å². The second kappa shape index (κ2) is 6.99. The molecule has 4 aromatic rings. The monoisotopic (exact) mass is 430 g/mol. The summed E-state index contributed by atoms with van der Waals surface area (Å²) in [7, 11) is 1.69. The van der Waals surface area contributed by atoms with Crippen LogP contribution in [0.1, 0.15) is 11.1 Å². The predicted molar refractivity (Wildman–Crippen MR) is 117 cm³/mol. The lowest BCUT2D eigenvalue weighted by Gasteiger charge is -2.15. The Labute approximate surface area is 172 Å². The average Bonchev–Trinajstić information content (AvgIpc) is 3.14. The Balaban J connectivity index is 1.76. The van der Waals surface area contributed by atoms with Gasteiger partial charge in [0.05, 0.1) is 7.11 Å². The zero-order chi connectivity index (χ0) is 19.1. The lowest BCUT2D eigenvalue weighted by Crippen LogP contribution is -2.02. The summed E-state index contributed by atoms with van der Waals surface area (Å²) in [5.74, 6) is 2.77. The highest BCUT2D eigenvalue weighted by Crippen LogP contribution is 2.47. The van der Waals surface area contributed by atoms with Crippen LogP contribution in [0, 0.1) is 0 Å². The van der Waals surface area contributed by atoms with Gasteiger partial charge in [-0.1, -0.05) is 52.3 Å². The van der Waals surface area contributed by atoms with E-state index in [4.69, 9.17) is 9.15 Å². The first kappa shape index (κ1) is 17.3. The first-order valence-corrected chi connectivity index (χ1v) is 10.2. The summed E-state index contributed by atoms with van der Waals surface area (Å²) >= 11 is 3.55. The van der Waals surface area contributed by atoms with E-state index < -0.39 is 0 Å². The second-order valence-electron chi connectivity index (χ2n) is 7.01. The minimum atomic E-state index is 0.843. The SMILES string of the molecule is COc1ccc(-c2oc3c(c2-c2ccc(Br)cc2)CCc2ccccc2-3)cc1. The molecule has 0 spiro atoms. The molecule has 0 radical (unpaired) electrons. The Hall–Kier alpha value is -2.78. The Morgan fingerprint density at radius 3 is 2.25 bits per heavy atom. The zero-order valence-electron chi connectivity index (χ0n) is 15.5. The number of methoxy groups -OCH3 is 1. The predicted octanol–water partition coefficient (Wildman–Crippen LogP) is 7.15. The number of rotatable bonds is 3. The molecule has 0 saturated carbocycles. The maximum atomic E-state index is 6.56. The fraction of sp³-hybridized carbons (Fsp3) is 0.120. The minimum Gasteiger partial charge on any atom is -0.497 e. The Kier molecular flexibility index (Phi) is 4.33. The molecule has 1 aliphatic rings. The Morgan fingerprint density at radius 1 is 0.786 bits per heavy atom. The molecular formula is C25H19BrO2. The summed E-state index contributed by atoms with van der Waals surface area (Å²) in [6, 6.07) is 25.1. The van der Waals surface area contributed by atoms with Gasteiger partial charge in [0.1, 0.15) is 17.3 Å². The van der Waals surface area contributed by atoms with Crippen molar-refractivity contribution >= 4 is 15.9 Å². The van der Waals surface area contributed by atoms with E-state index in [-0.39, 0.29) is 0 Å². The lowest BCUT2D eigenvalue weighted by molar-refractivity contribution is 0.415. The summed E-state index contributed by atoms with van der Waals surface area (Å²) in [5, 5.41) is 0. The van der Waals surface area contributed by atoms with Gasteiger partial charge in [-0.25, -0.2) is 0 Å². The molecule has 5 rings (SSSR count). The van der Waals surface area contributed by atoms with E-state index in [1.807, 2.05) is 12.1 Å². The van der Waals surface area contributed by atoms with E-state index in [0.29, 0.717) is 0 Å². The molecule has 3 heteroatoms. The summed E-state index contributed by atoms with van der Waals surface area (Å²) in [4.78, 5) is 0. The van der Waals surface area contributed by atoms with Gasteiger partial charge in [-0.05, 0) is 60.4 Å². The van der Waals surface area contributed by atoms with Gasteiger partial charge >= 0.3 is 0 Å². The molecule has 0 atom stereocenters. The van der Waals surface area contributed by atoms with Crippen LogP contribution in [0.2, 0.25) is 0 Å². The van der Waals surface area contributed by atoms with E-state index >= 15 is 0 Å². The van der Waals surface area contributed by atoms with Crippen LogP contribution in [0.25, 0.3) is 33.8 Å². The van der Waals surface area contributed by atoms with Crippen molar-refractivity contribution in [2.75, 3.05) is 7.11 Å². The van der Waals surface area contributed by atoms with Crippen molar-refractivity contribution in [1.29, 1.82) is 0 Å². The summed E-state index contributed by atoms with van der Waals surface area (Å²) < 4.78 is 13.0. The number of benzene rings is 3. The third-order valence-corrected chi connectivity index (χ3v) is 5.93. The molecule has 0 amide bonds. The topological polar surface area (TPSA) is 22.4 Å². The van der Waals surface area contributed by atoms with E-state index in [9.17, 15) is 0 Å². The molecule has 1 aliphatic carbocycles. The molecule has 0 fully saturated rings. The number of hydrogen-bond donors (Lipinski definition) is 0. The molecule has 28 heavy (non-hydrogen) atoms. The molecule has 138 valence electrons. The minimum absolute atomic E-state index is 0.843. The van der Waals surface area contributed by atoms with Gasteiger partial charge < -0.3 is 9.15 Å². The smallest absolute Gasteiger partial charge is 0.142 e. The van der Waals surface area contributed by atoms with Crippen LogP contribution < -0.4 is 4.74 Å². The van der Waals surface area contributed by atoms with Crippen LogP contribution in [0.3, 0.4) is 0 Å². The number of hydrogen-bond acceptors (Lipinski definition) is 2. The van der Waals surface area contributed by atoms with Crippen molar-refractivity contribution in [3.05, 3.63) is 88.4 Å². The number of halogens is 1. The number of furan rings is 1. The fourth-order valence-corrected chi connectivity index (χ4v) is 4.27. The molecule has 0 N–H and O–H groups in total. The third kappa shape index (κ3) is 2.87. The van der Waals surface area contributed by atoms with Gasteiger partial charge in [0.2, 0.25) is 0 Å². The first-order valence-electron chi connectivity index (χ1n) is 9.39. The third-order valence-electron chi connectivity index (χ3n) is 5.40. The van der Waals surface area contributed by atoms with Crippen LogP contribution in [-0.4, -0.2) is 7.11 Å². The van der Waals surface area contributed by atoms with Crippen LogP contribution in [0.15, 0.2) is 81.7 Å². The van der Waals surface area contributed by atoms with Gasteiger partial charge in [-0.15, -0.1) is 0 Å². The number of fused-ring (bicyclic) bond motifs is 3. The Bertz CT molecular complexity index is 1140. The quantitative estimate of drug-likeness (QED) is 0.344. The molecule has 0 bridgehead atoms. The lowest BCUT2D eigenvalue weighted by atomic mass is 9.86. The summed E-state index contributed by atoms with van der Waals surface area (Å²) in [5.41, 5.74) is 7.30. The molecule has 0 aliphatic heterocycles. The fourth-order valence-electron chi connectivity index (χ4n) is 4.01. The summed E-state index contributed by atoms with van der Waals surface area (Å²) in [6.45, 7) is 0.